The maximum absolute atomic E-state index is 13.8. The van der Waals surface area contributed by atoms with Crippen molar-refractivity contribution in [1.82, 2.24) is 10.2 Å². The first-order valence-corrected chi connectivity index (χ1v) is 8.97. The third kappa shape index (κ3) is 3.89. The third-order valence-electron chi connectivity index (χ3n) is 5.28. The molecule has 4 nitrogen and oxygen atoms in total. The molecule has 2 fully saturated rings. The Balaban J connectivity index is 1.55. The van der Waals surface area contributed by atoms with E-state index < -0.39 is 0 Å². The molecule has 2 atom stereocenters. The summed E-state index contributed by atoms with van der Waals surface area (Å²) >= 11 is 0. The van der Waals surface area contributed by atoms with Crippen LogP contribution in [0.3, 0.4) is 0 Å². The highest BCUT2D eigenvalue weighted by atomic mass is 19.1. The fourth-order valence-corrected chi connectivity index (χ4v) is 3.57. The van der Waals surface area contributed by atoms with Crippen LogP contribution in [-0.2, 0) is 11.3 Å². The first kappa shape index (κ1) is 17.2. The van der Waals surface area contributed by atoms with Crippen LogP contribution in [0.2, 0.25) is 0 Å². The second kappa shape index (κ2) is 7.51. The second-order valence-corrected chi connectivity index (χ2v) is 6.97. The van der Waals surface area contributed by atoms with Gasteiger partial charge in [0.2, 0.25) is 5.91 Å². The lowest BCUT2D eigenvalue weighted by Crippen LogP contribution is -2.51. The lowest BCUT2D eigenvalue weighted by Gasteiger charge is -2.39. The maximum atomic E-state index is 13.8. The highest BCUT2D eigenvalue weighted by molar-refractivity contribution is 5.81. The van der Waals surface area contributed by atoms with Gasteiger partial charge in [-0.1, -0.05) is 19.4 Å². The average Bonchev–Trinajstić information content (AvgIpc) is 3.44. The van der Waals surface area contributed by atoms with Crippen molar-refractivity contribution >= 4 is 5.91 Å². The zero-order valence-corrected chi connectivity index (χ0v) is 14.6. The van der Waals surface area contributed by atoms with Crippen LogP contribution in [0.4, 0.5) is 4.39 Å². The zero-order chi connectivity index (χ0) is 17.1. The summed E-state index contributed by atoms with van der Waals surface area (Å²) in [5.41, 5.74) is 0.916. The lowest BCUT2D eigenvalue weighted by atomic mass is 9.89. The molecular formula is C19H27FN2O2. The Labute approximate surface area is 143 Å². The molecule has 1 saturated carbocycles. The monoisotopic (exact) mass is 334 g/mol. The van der Waals surface area contributed by atoms with Crippen molar-refractivity contribution in [3.8, 4) is 5.75 Å². The minimum absolute atomic E-state index is 0.275. The number of nitrogens with zero attached hydrogens (tertiary/aromatic N) is 1. The molecule has 1 aromatic carbocycles. The standard InChI is InChI=1S/C19H27FN2O2/c1-3-14-12-22(19(23)15-5-6-15)9-8-17(14)21-11-13-4-7-18(24-2)16(20)10-13/h4,7,10,14-15,17,21H,3,5-6,8-9,11-12H2,1-2H3/t14-,17+/m1/s1. The summed E-state index contributed by atoms with van der Waals surface area (Å²) in [6.45, 7) is 4.50. The number of ether oxygens (including phenoxy) is 1. The van der Waals surface area contributed by atoms with Gasteiger partial charge in [-0.15, -0.1) is 0 Å². The van der Waals surface area contributed by atoms with Crippen LogP contribution in [0, 0.1) is 17.7 Å². The van der Waals surface area contributed by atoms with E-state index in [1.807, 2.05) is 6.07 Å². The molecule has 2 aliphatic rings. The number of likely N-dealkylation sites (tertiary alicyclic amines) is 1. The quantitative estimate of drug-likeness (QED) is 0.870. The first-order valence-electron chi connectivity index (χ1n) is 8.97. The van der Waals surface area contributed by atoms with Gasteiger partial charge in [0, 0.05) is 31.6 Å². The van der Waals surface area contributed by atoms with Gasteiger partial charge in [0.15, 0.2) is 11.6 Å². The number of hydrogen-bond acceptors (Lipinski definition) is 3. The molecule has 5 heteroatoms. The van der Waals surface area contributed by atoms with Gasteiger partial charge in [-0.05, 0) is 42.9 Å². The predicted molar refractivity (Wildman–Crippen MR) is 91.3 cm³/mol. The van der Waals surface area contributed by atoms with Crippen molar-refractivity contribution < 1.29 is 13.9 Å². The number of carbonyl (C=O) groups excluding carboxylic acids is 1. The van der Waals surface area contributed by atoms with Crippen LogP contribution in [0.25, 0.3) is 0 Å². The van der Waals surface area contributed by atoms with Crippen LogP contribution in [-0.4, -0.2) is 37.0 Å². The summed E-state index contributed by atoms with van der Waals surface area (Å²) in [4.78, 5) is 14.3. The van der Waals surface area contributed by atoms with Crippen LogP contribution >= 0.6 is 0 Å². The Hall–Kier alpha value is -1.62. The number of hydrogen-bond donors (Lipinski definition) is 1. The highest BCUT2D eigenvalue weighted by Crippen LogP contribution is 2.33. The molecule has 3 rings (SSSR count). The summed E-state index contributed by atoms with van der Waals surface area (Å²) in [5, 5.41) is 3.56. The molecule has 132 valence electrons. The number of benzene rings is 1. The lowest BCUT2D eigenvalue weighted by molar-refractivity contribution is -0.134. The molecule has 1 heterocycles. The largest absolute Gasteiger partial charge is 0.494 e. The van der Waals surface area contributed by atoms with Crippen LogP contribution < -0.4 is 10.1 Å². The fraction of sp³-hybridized carbons (Fsp3) is 0.632. The summed E-state index contributed by atoms with van der Waals surface area (Å²) in [5.74, 6) is 1.06. The Bertz CT molecular complexity index is 589. The Morgan fingerprint density at radius 2 is 2.17 bits per heavy atom. The SMILES string of the molecule is CC[C@@H]1CN(C(=O)C2CC2)CC[C@@H]1NCc1ccc(OC)c(F)c1. The zero-order valence-electron chi connectivity index (χ0n) is 14.6. The van der Waals surface area contributed by atoms with Gasteiger partial charge in [-0.25, -0.2) is 4.39 Å². The minimum atomic E-state index is -0.325. The summed E-state index contributed by atoms with van der Waals surface area (Å²) in [6, 6.07) is 5.46. The number of amides is 1. The molecule has 24 heavy (non-hydrogen) atoms. The number of carbonyl (C=O) groups is 1. The highest BCUT2D eigenvalue weighted by Gasteiger charge is 2.37. The molecule has 1 aliphatic carbocycles. The van der Waals surface area contributed by atoms with E-state index in [4.69, 9.17) is 4.74 Å². The molecular weight excluding hydrogens is 307 g/mol. The van der Waals surface area contributed by atoms with Crippen molar-refractivity contribution in [3.63, 3.8) is 0 Å². The number of methoxy groups -OCH3 is 1. The topological polar surface area (TPSA) is 41.6 Å². The predicted octanol–water partition coefficient (Wildman–Crippen LogP) is 2.96. The molecule has 0 bridgehead atoms. The van der Waals surface area contributed by atoms with Gasteiger partial charge < -0.3 is 15.0 Å². The van der Waals surface area contributed by atoms with E-state index >= 15 is 0 Å². The van der Waals surface area contributed by atoms with Crippen molar-refractivity contribution in [2.75, 3.05) is 20.2 Å². The van der Waals surface area contributed by atoms with Crippen LogP contribution in [0.15, 0.2) is 18.2 Å². The summed E-state index contributed by atoms with van der Waals surface area (Å²) in [6.07, 6.45) is 4.15. The van der Waals surface area contributed by atoms with Crippen molar-refractivity contribution in [2.45, 2.75) is 45.2 Å². The molecule has 1 aliphatic heterocycles. The number of halogens is 1. The molecule has 1 aromatic rings. The van der Waals surface area contributed by atoms with Crippen LogP contribution in [0.1, 0.15) is 38.2 Å². The van der Waals surface area contributed by atoms with E-state index in [1.54, 1.807) is 6.07 Å². The molecule has 0 spiro atoms. The van der Waals surface area contributed by atoms with E-state index in [-0.39, 0.29) is 11.6 Å². The Morgan fingerprint density at radius 1 is 1.38 bits per heavy atom. The fourth-order valence-electron chi connectivity index (χ4n) is 3.57. The first-order chi connectivity index (χ1) is 11.6. The van der Waals surface area contributed by atoms with Gasteiger partial charge in [0.05, 0.1) is 7.11 Å². The van der Waals surface area contributed by atoms with Crippen molar-refractivity contribution in [1.29, 1.82) is 0 Å². The van der Waals surface area contributed by atoms with E-state index in [2.05, 4.69) is 17.1 Å². The van der Waals surface area contributed by atoms with E-state index in [0.717, 1.165) is 44.3 Å². The van der Waals surface area contributed by atoms with Crippen LogP contribution in [0.5, 0.6) is 5.75 Å². The van der Waals surface area contributed by atoms with Crippen molar-refractivity contribution in [3.05, 3.63) is 29.6 Å². The normalized spacial score (nSPS) is 24.0. The van der Waals surface area contributed by atoms with Gasteiger partial charge in [0.1, 0.15) is 0 Å². The molecule has 0 unspecified atom stereocenters. The van der Waals surface area contributed by atoms with E-state index in [1.165, 1.54) is 13.2 Å². The van der Waals surface area contributed by atoms with E-state index in [9.17, 15) is 9.18 Å². The number of nitrogens with one attached hydrogen (secondary N) is 1. The van der Waals surface area contributed by atoms with Gasteiger partial charge in [0.25, 0.3) is 0 Å². The Kier molecular flexibility index (Phi) is 5.39. The number of rotatable bonds is 6. The minimum Gasteiger partial charge on any atom is -0.494 e. The second-order valence-electron chi connectivity index (χ2n) is 6.97. The summed E-state index contributed by atoms with van der Waals surface area (Å²) < 4.78 is 18.7. The molecule has 1 amide bonds. The number of piperidine rings is 1. The third-order valence-corrected chi connectivity index (χ3v) is 5.28. The maximum Gasteiger partial charge on any atom is 0.225 e. The van der Waals surface area contributed by atoms with E-state index in [0.29, 0.717) is 30.3 Å². The summed E-state index contributed by atoms with van der Waals surface area (Å²) in [7, 11) is 1.47. The van der Waals surface area contributed by atoms with Gasteiger partial charge in [-0.2, -0.15) is 0 Å². The van der Waals surface area contributed by atoms with Gasteiger partial charge in [-0.3, -0.25) is 4.79 Å². The molecule has 0 aromatic heterocycles. The molecule has 1 N–H and O–H groups in total. The molecule has 0 radical (unpaired) electrons. The van der Waals surface area contributed by atoms with Crippen molar-refractivity contribution in [2.24, 2.45) is 11.8 Å². The smallest absolute Gasteiger partial charge is 0.225 e. The van der Waals surface area contributed by atoms with Gasteiger partial charge >= 0.3 is 0 Å². The Morgan fingerprint density at radius 3 is 2.79 bits per heavy atom. The average molecular weight is 334 g/mol. The molecule has 1 saturated heterocycles.